The Kier molecular flexibility index (Phi) is 6.84. The average molecular weight is 724 g/mol. The van der Waals surface area contributed by atoms with Crippen LogP contribution < -0.4 is 0 Å². The molecule has 57 heavy (non-hydrogen) atoms. The van der Waals surface area contributed by atoms with Gasteiger partial charge in [0, 0.05) is 16.7 Å². The Labute approximate surface area is 330 Å². The van der Waals surface area contributed by atoms with E-state index < -0.39 is 5.41 Å². The number of aromatic nitrogens is 3. The van der Waals surface area contributed by atoms with Gasteiger partial charge in [-0.1, -0.05) is 194 Å². The van der Waals surface area contributed by atoms with Gasteiger partial charge in [-0.05, 0) is 83.2 Å². The first-order valence-electron chi connectivity index (χ1n) is 19.5. The van der Waals surface area contributed by atoms with Gasteiger partial charge in [0.2, 0.25) is 0 Å². The van der Waals surface area contributed by atoms with Crippen LogP contribution in [0.15, 0.2) is 200 Å². The van der Waals surface area contributed by atoms with Gasteiger partial charge in [0.15, 0.2) is 17.5 Å². The van der Waals surface area contributed by atoms with Crippen molar-refractivity contribution in [1.82, 2.24) is 15.0 Å². The van der Waals surface area contributed by atoms with Crippen LogP contribution in [0.25, 0.3) is 89.1 Å². The Morgan fingerprint density at radius 2 is 0.737 bits per heavy atom. The number of hydrogen-bond donors (Lipinski definition) is 0. The molecule has 12 rings (SSSR count). The molecule has 0 amide bonds. The van der Waals surface area contributed by atoms with Crippen LogP contribution in [-0.4, -0.2) is 15.0 Å². The normalized spacial score (nSPS) is 13.1. The second-order valence-corrected chi connectivity index (χ2v) is 15.1. The first kappa shape index (κ1) is 31.8. The van der Waals surface area contributed by atoms with Crippen molar-refractivity contribution in [2.24, 2.45) is 0 Å². The second kappa shape index (κ2) is 12.3. The van der Waals surface area contributed by atoms with Crippen LogP contribution in [0.4, 0.5) is 0 Å². The van der Waals surface area contributed by atoms with Crippen LogP contribution in [0.5, 0.6) is 0 Å². The fourth-order valence-electron chi connectivity index (χ4n) is 9.69. The van der Waals surface area contributed by atoms with Gasteiger partial charge in [0.05, 0.1) is 5.41 Å². The molecule has 2 aliphatic carbocycles. The Morgan fingerprint density at radius 1 is 0.281 bits per heavy atom. The summed E-state index contributed by atoms with van der Waals surface area (Å²) in [6.07, 6.45) is 0. The van der Waals surface area contributed by atoms with E-state index in [0.29, 0.717) is 17.5 Å². The molecular formula is C54H33N3. The lowest BCUT2D eigenvalue weighted by atomic mass is 9.70. The highest BCUT2D eigenvalue weighted by Crippen LogP contribution is 2.63. The van der Waals surface area contributed by atoms with E-state index in [1.54, 1.807) is 0 Å². The molecule has 0 fully saturated rings. The molecule has 0 unspecified atom stereocenters. The molecule has 9 aromatic carbocycles. The fourth-order valence-corrected chi connectivity index (χ4v) is 9.69. The molecule has 0 radical (unpaired) electrons. The molecule has 0 bridgehead atoms. The van der Waals surface area contributed by atoms with Gasteiger partial charge in [0.25, 0.3) is 0 Å². The topological polar surface area (TPSA) is 38.7 Å². The van der Waals surface area contributed by atoms with E-state index in [2.05, 4.69) is 176 Å². The lowest BCUT2D eigenvalue weighted by molar-refractivity contribution is 0.797. The maximum atomic E-state index is 5.11. The third-order valence-electron chi connectivity index (χ3n) is 12.1. The number of hydrogen-bond acceptors (Lipinski definition) is 3. The molecule has 1 heterocycles. The maximum Gasteiger partial charge on any atom is 0.164 e. The van der Waals surface area contributed by atoms with Crippen molar-refractivity contribution in [3.05, 3.63) is 222 Å². The third-order valence-corrected chi connectivity index (χ3v) is 12.1. The summed E-state index contributed by atoms with van der Waals surface area (Å²) in [5.41, 5.74) is 15.1. The van der Waals surface area contributed by atoms with Crippen molar-refractivity contribution >= 4 is 21.5 Å². The smallest absolute Gasteiger partial charge is 0.164 e. The van der Waals surface area contributed by atoms with E-state index in [9.17, 15) is 0 Å². The minimum Gasteiger partial charge on any atom is -0.208 e. The van der Waals surface area contributed by atoms with E-state index >= 15 is 0 Å². The average Bonchev–Trinajstić information content (AvgIpc) is 3.77. The Morgan fingerprint density at radius 3 is 1.42 bits per heavy atom. The zero-order valence-corrected chi connectivity index (χ0v) is 30.9. The lowest BCUT2D eigenvalue weighted by Gasteiger charge is -2.31. The standard InChI is InChI=1S/C54H33N3/c1-3-13-34(14-4-1)40-19-9-20-41(33-40)53-56-51(38-15-5-2-6-16-38)55-52(57-53)39-31-27-35(28-32-39)42-22-12-26-47-50(42)43-21-7-8-23-44(43)54(47)45-24-10-17-36-29-30-37-18-11-25-46(54)49(37)48(36)45/h1-33H. The number of fused-ring (bicyclic) bond motifs is 7. The van der Waals surface area contributed by atoms with Gasteiger partial charge in [-0.2, -0.15) is 0 Å². The van der Waals surface area contributed by atoms with Gasteiger partial charge in [-0.3, -0.25) is 0 Å². The molecule has 3 heteroatoms. The maximum absolute atomic E-state index is 5.11. The molecule has 0 saturated carbocycles. The molecule has 264 valence electrons. The van der Waals surface area contributed by atoms with E-state index in [1.165, 1.54) is 60.5 Å². The van der Waals surface area contributed by atoms with Crippen LogP contribution in [0.1, 0.15) is 22.3 Å². The predicted octanol–water partition coefficient (Wildman–Crippen LogP) is 13.2. The van der Waals surface area contributed by atoms with Gasteiger partial charge in [-0.25, -0.2) is 15.0 Å². The number of rotatable bonds is 5. The molecule has 10 aromatic rings. The van der Waals surface area contributed by atoms with Crippen molar-refractivity contribution < 1.29 is 0 Å². The number of benzene rings is 9. The number of nitrogens with zero attached hydrogens (tertiary/aromatic N) is 3. The Balaban J connectivity index is 1.00. The quantitative estimate of drug-likeness (QED) is 0.166. The van der Waals surface area contributed by atoms with Crippen LogP contribution in [-0.2, 0) is 5.41 Å². The molecule has 2 aliphatic rings. The summed E-state index contributed by atoms with van der Waals surface area (Å²) < 4.78 is 0. The summed E-state index contributed by atoms with van der Waals surface area (Å²) in [7, 11) is 0. The first-order valence-corrected chi connectivity index (χ1v) is 19.5. The summed E-state index contributed by atoms with van der Waals surface area (Å²) >= 11 is 0. The molecular weight excluding hydrogens is 691 g/mol. The molecule has 1 spiro atoms. The third kappa shape index (κ3) is 4.63. The molecule has 0 atom stereocenters. The molecule has 0 N–H and O–H groups in total. The van der Waals surface area contributed by atoms with Crippen LogP contribution in [0.2, 0.25) is 0 Å². The summed E-state index contributed by atoms with van der Waals surface area (Å²) in [5.74, 6) is 1.93. The van der Waals surface area contributed by atoms with Crippen LogP contribution in [0.3, 0.4) is 0 Å². The Bertz CT molecular complexity index is 3160. The van der Waals surface area contributed by atoms with Crippen molar-refractivity contribution in [2.75, 3.05) is 0 Å². The van der Waals surface area contributed by atoms with Gasteiger partial charge in [0.1, 0.15) is 0 Å². The monoisotopic (exact) mass is 723 g/mol. The fraction of sp³-hybridized carbons (Fsp3) is 0.0185. The van der Waals surface area contributed by atoms with E-state index in [1.807, 2.05) is 24.3 Å². The summed E-state index contributed by atoms with van der Waals surface area (Å²) in [4.78, 5) is 15.2. The second-order valence-electron chi connectivity index (χ2n) is 15.1. The SMILES string of the molecule is c1ccc(-c2cccc(-c3nc(-c4ccccc4)nc(-c4ccc(-c5cccc6c5-c5ccccc5C65c6cccc7ccc8cccc5c8c67)cc4)n3)c2)cc1. The molecule has 1 aromatic heterocycles. The van der Waals surface area contributed by atoms with Crippen molar-refractivity contribution in [3.8, 4) is 67.5 Å². The van der Waals surface area contributed by atoms with Crippen LogP contribution >= 0.6 is 0 Å². The van der Waals surface area contributed by atoms with Crippen LogP contribution in [0, 0.1) is 0 Å². The van der Waals surface area contributed by atoms with Crippen molar-refractivity contribution in [3.63, 3.8) is 0 Å². The molecule has 3 nitrogen and oxygen atoms in total. The summed E-state index contributed by atoms with van der Waals surface area (Å²) in [5, 5.41) is 5.34. The van der Waals surface area contributed by atoms with E-state index in [0.717, 1.165) is 33.4 Å². The highest BCUT2D eigenvalue weighted by molar-refractivity contribution is 6.17. The minimum absolute atomic E-state index is 0.391. The minimum atomic E-state index is -0.391. The molecule has 0 aliphatic heterocycles. The van der Waals surface area contributed by atoms with Gasteiger partial charge >= 0.3 is 0 Å². The summed E-state index contributed by atoms with van der Waals surface area (Å²) in [6, 6.07) is 72.0. The largest absolute Gasteiger partial charge is 0.208 e. The lowest BCUT2D eigenvalue weighted by Crippen LogP contribution is -2.26. The zero-order valence-electron chi connectivity index (χ0n) is 30.9. The van der Waals surface area contributed by atoms with Gasteiger partial charge < -0.3 is 0 Å². The van der Waals surface area contributed by atoms with E-state index in [-0.39, 0.29) is 0 Å². The zero-order chi connectivity index (χ0) is 37.5. The highest BCUT2D eigenvalue weighted by atomic mass is 15.0. The van der Waals surface area contributed by atoms with Crippen molar-refractivity contribution in [2.45, 2.75) is 5.41 Å². The Hall–Kier alpha value is -7.49. The van der Waals surface area contributed by atoms with E-state index in [4.69, 9.17) is 15.0 Å². The summed E-state index contributed by atoms with van der Waals surface area (Å²) in [6.45, 7) is 0. The molecule has 0 saturated heterocycles. The highest BCUT2D eigenvalue weighted by Gasteiger charge is 2.51. The first-order chi connectivity index (χ1) is 28.3. The van der Waals surface area contributed by atoms with Crippen molar-refractivity contribution in [1.29, 1.82) is 0 Å². The van der Waals surface area contributed by atoms with Gasteiger partial charge in [-0.15, -0.1) is 0 Å². The predicted molar refractivity (Wildman–Crippen MR) is 233 cm³/mol.